The third-order valence-electron chi connectivity index (χ3n) is 7.70. The van der Waals surface area contributed by atoms with Crippen LogP contribution in [0.3, 0.4) is 0 Å². The van der Waals surface area contributed by atoms with E-state index in [0.29, 0.717) is 75.8 Å². The number of ether oxygens (including phenoxy) is 1. The highest BCUT2D eigenvalue weighted by atomic mass is 19.1. The number of rotatable bonds is 6. The van der Waals surface area contributed by atoms with Crippen LogP contribution in [0.15, 0.2) is 35.1 Å². The summed E-state index contributed by atoms with van der Waals surface area (Å²) in [6.45, 7) is 10.9. The van der Waals surface area contributed by atoms with Gasteiger partial charge < -0.3 is 24.8 Å². The highest BCUT2D eigenvalue weighted by Gasteiger charge is 2.24. The van der Waals surface area contributed by atoms with E-state index in [1.807, 2.05) is 31.7 Å². The van der Waals surface area contributed by atoms with Gasteiger partial charge in [0.1, 0.15) is 5.82 Å². The summed E-state index contributed by atoms with van der Waals surface area (Å²) in [5, 5.41) is 4.16. The molecule has 5 rings (SSSR count). The largest absolute Gasteiger partial charge is 0.378 e. The van der Waals surface area contributed by atoms with Gasteiger partial charge >= 0.3 is 0 Å². The Bertz CT molecular complexity index is 1430. The number of nitrogens with zero attached hydrogens (tertiary/aromatic N) is 5. The van der Waals surface area contributed by atoms with Crippen LogP contribution < -0.4 is 20.7 Å². The van der Waals surface area contributed by atoms with E-state index in [2.05, 4.69) is 21.2 Å². The van der Waals surface area contributed by atoms with E-state index < -0.39 is 0 Å². The van der Waals surface area contributed by atoms with Crippen LogP contribution >= 0.6 is 0 Å². The lowest BCUT2D eigenvalue weighted by atomic mass is 10.0. The first-order valence-electron chi connectivity index (χ1n) is 13.7. The number of aryl methyl sites for hydroxylation is 1. The van der Waals surface area contributed by atoms with Crippen molar-refractivity contribution in [3.05, 3.63) is 57.6 Å². The SMILES string of the molecule is CCC(=O)N1CCN(c2cc(F)ccc2N[C@H](C)c2cc(C)cc3c(=O)n(C)c(N4CCOCC4)nc23)CC1. The second kappa shape index (κ2) is 11.2. The van der Waals surface area contributed by atoms with E-state index in [0.717, 1.165) is 22.5 Å². The lowest BCUT2D eigenvalue weighted by molar-refractivity contribution is -0.131. The van der Waals surface area contributed by atoms with Crippen molar-refractivity contribution in [2.24, 2.45) is 7.05 Å². The average molecular weight is 537 g/mol. The number of carbonyl (C=O) groups is 1. The molecule has 0 saturated carbocycles. The maximum Gasteiger partial charge on any atom is 0.262 e. The molecule has 39 heavy (non-hydrogen) atoms. The van der Waals surface area contributed by atoms with Gasteiger partial charge in [-0.2, -0.15) is 0 Å². The van der Waals surface area contributed by atoms with E-state index in [1.165, 1.54) is 6.07 Å². The number of morpholine rings is 1. The highest BCUT2D eigenvalue weighted by Crippen LogP contribution is 2.33. The Morgan fingerprint density at radius 1 is 1.08 bits per heavy atom. The lowest BCUT2D eigenvalue weighted by Gasteiger charge is -2.37. The van der Waals surface area contributed by atoms with Crippen molar-refractivity contribution in [2.75, 3.05) is 67.6 Å². The molecule has 9 nitrogen and oxygen atoms in total. The summed E-state index contributed by atoms with van der Waals surface area (Å²) >= 11 is 0. The zero-order chi connectivity index (χ0) is 27.7. The molecule has 1 amide bonds. The molecule has 0 spiro atoms. The van der Waals surface area contributed by atoms with E-state index in [9.17, 15) is 14.0 Å². The summed E-state index contributed by atoms with van der Waals surface area (Å²) < 4.78 is 21.5. The van der Waals surface area contributed by atoms with Gasteiger partial charge in [0.25, 0.3) is 5.56 Å². The maximum atomic E-state index is 14.4. The normalized spacial score (nSPS) is 17.0. The minimum Gasteiger partial charge on any atom is -0.378 e. The Kier molecular flexibility index (Phi) is 7.74. The van der Waals surface area contributed by atoms with Crippen LogP contribution in [0.4, 0.5) is 21.7 Å². The number of anilines is 3. The van der Waals surface area contributed by atoms with Crippen molar-refractivity contribution in [3.8, 4) is 0 Å². The number of fused-ring (bicyclic) bond motifs is 1. The first kappa shape index (κ1) is 26.9. The molecule has 0 radical (unpaired) electrons. The van der Waals surface area contributed by atoms with Crippen LogP contribution in [0.1, 0.15) is 37.4 Å². The molecule has 2 aromatic carbocycles. The van der Waals surface area contributed by atoms with Crippen LogP contribution in [-0.2, 0) is 16.6 Å². The van der Waals surface area contributed by atoms with Crippen molar-refractivity contribution < 1.29 is 13.9 Å². The molecule has 3 heterocycles. The van der Waals surface area contributed by atoms with Crippen molar-refractivity contribution in [2.45, 2.75) is 33.2 Å². The second-order valence-corrected chi connectivity index (χ2v) is 10.4. The number of amides is 1. The highest BCUT2D eigenvalue weighted by molar-refractivity contribution is 5.84. The van der Waals surface area contributed by atoms with Crippen LogP contribution in [-0.4, -0.2) is 72.8 Å². The van der Waals surface area contributed by atoms with Gasteiger partial charge in [0.2, 0.25) is 11.9 Å². The Morgan fingerprint density at radius 3 is 2.49 bits per heavy atom. The Morgan fingerprint density at radius 2 is 1.79 bits per heavy atom. The molecule has 2 aliphatic heterocycles. The molecule has 2 fully saturated rings. The topological polar surface area (TPSA) is 82.9 Å². The van der Waals surface area contributed by atoms with Gasteiger partial charge in [0, 0.05) is 58.3 Å². The molecule has 3 aromatic rings. The van der Waals surface area contributed by atoms with E-state index in [4.69, 9.17) is 9.72 Å². The van der Waals surface area contributed by atoms with Gasteiger partial charge in [0.15, 0.2) is 0 Å². The first-order valence-corrected chi connectivity index (χ1v) is 13.7. The summed E-state index contributed by atoms with van der Waals surface area (Å²) in [6, 6.07) is 8.50. The van der Waals surface area contributed by atoms with Crippen LogP contribution in [0.5, 0.6) is 0 Å². The smallest absolute Gasteiger partial charge is 0.262 e. The predicted octanol–water partition coefficient (Wildman–Crippen LogP) is 3.45. The summed E-state index contributed by atoms with van der Waals surface area (Å²) in [4.78, 5) is 36.7. The molecule has 0 unspecified atom stereocenters. The summed E-state index contributed by atoms with van der Waals surface area (Å²) in [7, 11) is 1.77. The fourth-order valence-corrected chi connectivity index (χ4v) is 5.54. The number of nitrogens with one attached hydrogen (secondary N) is 1. The van der Waals surface area contributed by atoms with Crippen LogP contribution in [0.25, 0.3) is 10.9 Å². The van der Waals surface area contributed by atoms with Gasteiger partial charge in [0.05, 0.1) is 41.5 Å². The third-order valence-corrected chi connectivity index (χ3v) is 7.70. The summed E-state index contributed by atoms with van der Waals surface area (Å²) in [6.07, 6.45) is 0.485. The number of piperazine rings is 1. The third kappa shape index (κ3) is 5.43. The first-order chi connectivity index (χ1) is 18.8. The number of hydrogen-bond donors (Lipinski definition) is 1. The van der Waals surface area contributed by atoms with Crippen LogP contribution in [0.2, 0.25) is 0 Å². The number of carbonyl (C=O) groups excluding carboxylic acids is 1. The molecule has 1 atom stereocenters. The molecule has 2 saturated heterocycles. The van der Waals surface area contributed by atoms with Crippen molar-refractivity contribution in [3.63, 3.8) is 0 Å². The van der Waals surface area contributed by atoms with Gasteiger partial charge in [-0.05, 0) is 43.7 Å². The maximum absolute atomic E-state index is 14.4. The molecule has 208 valence electrons. The molecule has 10 heteroatoms. The van der Waals surface area contributed by atoms with Crippen molar-refractivity contribution in [1.82, 2.24) is 14.5 Å². The van der Waals surface area contributed by atoms with E-state index in [1.54, 1.807) is 23.7 Å². The van der Waals surface area contributed by atoms with Gasteiger partial charge in [-0.15, -0.1) is 0 Å². The Labute approximate surface area is 228 Å². The van der Waals surface area contributed by atoms with Gasteiger partial charge in [-0.1, -0.05) is 13.0 Å². The Hall–Kier alpha value is -3.66. The predicted molar refractivity (Wildman–Crippen MR) is 152 cm³/mol. The van der Waals surface area contributed by atoms with Crippen molar-refractivity contribution >= 4 is 34.1 Å². The minimum absolute atomic E-state index is 0.0828. The molecule has 0 aliphatic carbocycles. The number of hydrogen-bond acceptors (Lipinski definition) is 7. The Balaban J connectivity index is 1.48. The summed E-state index contributed by atoms with van der Waals surface area (Å²) in [5.74, 6) is 0.467. The molecule has 2 aliphatic rings. The van der Waals surface area contributed by atoms with Crippen LogP contribution in [0, 0.1) is 12.7 Å². The number of benzene rings is 2. The fourth-order valence-electron chi connectivity index (χ4n) is 5.54. The zero-order valence-electron chi connectivity index (χ0n) is 23.2. The zero-order valence-corrected chi connectivity index (χ0v) is 23.2. The molecule has 0 bridgehead atoms. The molecular formula is C29H37FN6O3. The monoisotopic (exact) mass is 536 g/mol. The average Bonchev–Trinajstić information content (AvgIpc) is 2.95. The molecular weight excluding hydrogens is 499 g/mol. The van der Waals surface area contributed by atoms with Gasteiger partial charge in [-0.25, -0.2) is 9.37 Å². The minimum atomic E-state index is -0.309. The van der Waals surface area contributed by atoms with Crippen molar-refractivity contribution in [1.29, 1.82) is 0 Å². The quantitative estimate of drug-likeness (QED) is 0.517. The second-order valence-electron chi connectivity index (χ2n) is 10.4. The lowest BCUT2D eigenvalue weighted by Crippen LogP contribution is -2.48. The number of halogens is 1. The standard InChI is InChI=1S/C29H37FN6O3/c1-5-26(37)35-10-8-34(9-11-35)25-18-21(30)6-7-24(25)31-20(3)22-16-19(2)17-23-27(22)32-29(33(4)28(23)38)36-12-14-39-15-13-36/h6-7,16-18,20,31H,5,8-15H2,1-4H3/t20-/m1/s1. The van der Waals surface area contributed by atoms with E-state index in [-0.39, 0.29) is 23.3 Å². The number of aromatic nitrogens is 2. The molecule has 1 N–H and O–H groups in total. The van der Waals surface area contributed by atoms with E-state index >= 15 is 0 Å². The fraction of sp³-hybridized carbons (Fsp3) is 0.483. The van der Waals surface area contributed by atoms with Gasteiger partial charge in [-0.3, -0.25) is 14.2 Å². The molecule has 1 aromatic heterocycles. The summed E-state index contributed by atoms with van der Waals surface area (Å²) in [5.41, 5.74) is 4.03.